The van der Waals surface area contributed by atoms with Crippen LogP contribution >= 0.6 is 0 Å². The lowest BCUT2D eigenvalue weighted by molar-refractivity contribution is -0.138. The van der Waals surface area contributed by atoms with Crippen molar-refractivity contribution >= 4 is 5.97 Å². The van der Waals surface area contributed by atoms with E-state index in [2.05, 4.69) is 23.6 Å². The number of rotatable bonds is 4. The summed E-state index contributed by atoms with van der Waals surface area (Å²) in [5.74, 6) is -0.190. The molecule has 0 aromatic heterocycles. The van der Waals surface area contributed by atoms with E-state index in [-0.39, 0.29) is 0 Å². The zero-order valence-corrected chi connectivity index (χ0v) is 13.5. The normalized spacial score (nSPS) is 35.5. The van der Waals surface area contributed by atoms with Crippen LogP contribution in [0.2, 0.25) is 0 Å². The van der Waals surface area contributed by atoms with Crippen LogP contribution in [-0.4, -0.2) is 58.1 Å². The molecule has 0 radical (unpaired) electrons. The quantitative estimate of drug-likeness (QED) is 0.865. The van der Waals surface area contributed by atoms with Gasteiger partial charge in [0.2, 0.25) is 0 Å². The zero-order valence-electron chi connectivity index (χ0n) is 13.5. The van der Waals surface area contributed by atoms with Gasteiger partial charge in [-0.3, -0.25) is 9.69 Å². The van der Waals surface area contributed by atoms with Crippen molar-refractivity contribution in [3.8, 4) is 0 Å². The Morgan fingerprint density at radius 1 is 1.05 bits per heavy atom. The van der Waals surface area contributed by atoms with Crippen LogP contribution in [-0.2, 0) is 4.79 Å². The summed E-state index contributed by atoms with van der Waals surface area (Å²) >= 11 is 0. The van der Waals surface area contributed by atoms with Crippen molar-refractivity contribution < 1.29 is 9.90 Å². The molecule has 3 saturated heterocycles. The fourth-order valence-electron chi connectivity index (χ4n) is 5.04. The third-order valence-electron chi connectivity index (χ3n) is 6.00. The molecule has 4 nitrogen and oxygen atoms in total. The average molecular weight is 294 g/mol. The molecule has 0 aromatic rings. The molecule has 3 fully saturated rings. The van der Waals surface area contributed by atoms with Gasteiger partial charge in [0.05, 0.1) is 0 Å². The molecule has 0 amide bonds. The van der Waals surface area contributed by atoms with Gasteiger partial charge in [-0.15, -0.1) is 0 Å². The molecular weight excluding hydrogens is 264 g/mol. The summed E-state index contributed by atoms with van der Waals surface area (Å²) in [4.78, 5) is 16.4. The summed E-state index contributed by atoms with van der Waals surface area (Å²) < 4.78 is 0. The molecule has 120 valence electrons. The molecule has 3 heterocycles. The predicted molar refractivity (Wildman–Crippen MR) is 83.4 cm³/mol. The summed E-state index contributed by atoms with van der Waals surface area (Å²) in [5.41, 5.74) is 0. The van der Waals surface area contributed by atoms with Gasteiger partial charge in [-0.2, -0.15) is 0 Å². The van der Waals surface area contributed by atoms with Crippen LogP contribution in [0.15, 0.2) is 0 Å². The van der Waals surface area contributed by atoms with Crippen LogP contribution in [0.5, 0.6) is 0 Å². The van der Waals surface area contributed by atoms with E-state index in [1.165, 1.54) is 38.8 Å². The molecule has 0 spiro atoms. The van der Waals surface area contributed by atoms with Gasteiger partial charge in [-0.05, 0) is 71.4 Å². The van der Waals surface area contributed by atoms with E-state index < -0.39 is 5.97 Å². The molecule has 2 atom stereocenters. The van der Waals surface area contributed by atoms with E-state index >= 15 is 0 Å². The van der Waals surface area contributed by atoms with Gasteiger partial charge in [-0.25, -0.2) is 0 Å². The Hall–Kier alpha value is -0.610. The minimum Gasteiger partial charge on any atom is -0.481 e. The summed E-state index contributed by atoms with van der Waals surface area (Å²) in [6, 6.07) is 2.76. The zero-order chi connectivity index (χ0) is 15.0. The van der Waals surface area contributed by atoms with Crippen molar-refractivity contribution in [2.24, 2.45) is 5.92 Å². The van der Waals surface area contributed by atoms with E-state index in [0.29, 0.717) is 30.5 Å². The third-order valence-corrected chi connectivity index (χ3v) is 6.00. The fourth-order valence-corrected chi connectivity index (χ4v) is 5.04. The maximum absolute atomic E-state index is 11.0. The van der Waals surface area contributed by atoms with E-state index in [1.54, 1.807) is 0 Å². The van der Waals surface area contributed by atoms with Crippen molar-refractivity contribution in [3.05, 3.63) is 0 Å². The number of carboxylic acids is 1. The summed E-state index contributed by atoms with van der Waals surface area (Å²) in [6.07, 6.45) is 7.81. The van der Waals surface area contributed by atoms with Crippen LogP contribution in [0.4, 0.5) is 0 Å². The maximum Gasteiger partial charge on any atom is 0.303 e. The number of carbonyl (C=O) groups is 1. The summed E-state index contributed by atoms with van der Waals surface area (Å²) in [5, 5.41) is 9.04. The first-order chi connectivity index (χ1) is 10.0. The highest BCUT2D eigenvalue weighted by molar-refractivity contribution is 5.67. The lowest BCUT2D eigenvalue weighted by atomic mass is 9.86. The Labute approximate surface area is 128 Å². The number of aliphatic carboxylic acids is 1. The molecule has 1 N–H and O–H groups in total. The van der Waals surface area contributed by atoms with Crippen LogP contribution in [0, 0.1) is 5.92 Å². The van der Waals surface area contributed by atoms with Gasteiger partial charge < -0.3 is 10.0 Å². The highest BCUT2D eigenvalue weighted by Crippen LogP contribution is 2.42. The second kappa shape index (κ2) is 6.25. The highest BCUT2D eigenvalue weighted by atomic mass is 16.4. The lowest BCUT2D eigenvalue weighted by Gasteiger charge is -2.47. The average Bonchev–Trinajstić information content (AvgIpc) is 2.70. The number of carboxylic acid groups (broad SMARTS) is 1. The smallest absolute Gasteiger partial charge is 0.303 e. The van der Waals surface area contributed by atoms with Crippen LogP contribution in [0.1, 0.15) is 58.8 Å². The van der Waals surface area contributed by atoms with Gasteiger partial charge >= 0.3 is 5.97 Å². The molecule has 2 bridgehead atoms. The Morgan fingerprint density at radius 2 is 1.62 bits per heavy atom. The fraction of sp³-hybridized carbons (Fsp3) is 0.941. The first-order valence-corrected chi connectivity index (χ1v) is 8.78. The van der Waals surface area contributed by atoms with Crippen molar-refractivity contribution in [1.29, 1.82) is 0 Å². The van der Waals surface area contributed by atoms with Gasteiger partial charge in [0, 0.05) is 30.6 Å². The van der Waals surface area contributed by atoms with Crippen molar-refractivity contribution in [2.75, 3.05) is 13.1 Å². The highest BCUT2D eigenvalue weighted by Gasteiger charge is 2.44. The van der Waals surface area contributed by atoms with Gasteiger partial charge in [0.25, 0.3) is 0 Å². The number of hydrogen-bond donors (Lipinski definition) is 1. The number of fused-ring (bicyclic) bond motifs is 2. The van der Waals surface area contributed by atoms with Crippen molar-refractivity contribution in [3.63, 3.8) is 0 Å². The Bertz CT molecular complexity index is 363. The van der Waals surface area contributed by atoms with Gasteiger partial charge in [0.1, 0.15) is 0 Å². The summed E-state index contributed by atoms with van der Waals surface area (Å²) in [6.45, 7) is 7.05. The number of nitrogens with zero attached hydrogens (tertiary/aromatic N) is 2. The van der Waals surface area contributed by atoms with Crippen LogP contribution in [0.3, 0.4) is 0 Å². The monoisotopic (exact) mass is 294 g/mol. The van der Waals surface area contributed by atoms with E-state index in [9.17, 15) is 4.79 Å². The number of piperidine rings is 2. The van der Waals surface area contributed by atoms with E-state index in [0.717, 1.165) is 18.9 Å². The van der Waals surface area contributed by atoms with Gasteiger partial charge in [-0.1, -0.05) is 0 Å². The standard InChI is InChI=1S/C17H30N2O2/c1-12(2)18-7-5-14(6-8-18)19-15-3-4-16(19)10-13(9-15)11-17(20)21/h12-16H,3-11H2,1-2H3,(H,20,21). The summed E-state index contributed by atoms with van der Waals surface area (Å²) in [7, 11) is 0. The molecule has 0 saturated carbocycles. The molecule has 4 heteroatoms. The first kappa shape index (κ1) is 15.3. The molecule has 0 aromatic carbocycles. The molecule has 21 heavy (non-hydrogen) atoms. The Balaban J connectivity index is 1.57. The number of hydrogen-bond acceptors (Lipinski definition) is 3. The van der Waals surface area contributed by atoms with Gasteiger partial charge in [0.15, 0.2) is 0 Å². The third kappa shape index (κ3) is 3.26. The minimum absolute atomic E-state index is 0.382. The molecular formula is C17H30N2O2. The SMILES string of the molecule is CC(C)N1CCC(N2C3CCC2CC(CC(=O)O)C3)CC1. The molecule has 3 rings (SSSR count). The maximum atomic E-state index is 11.0. The van der Waals surface area contributed by atoms with Crippen LogP contribution in [0.25, 0.3) is 0 Å². The predicted octanol–water partition coefficient (Wildman–Crippen LogP) is 2.58. The van der Waals surface area contributed by atoms with Crippen molar-refractivity contribution in [1.82, 2.24) is 9.80 Å². The minimum atomic E-state index is -0.613. The molecule has 3 aliphatic rings. The van der Waals surface area contributed by atoms with E-state index in [4.69, 9.17) is 5.11 Å². The first-order valence-electron chi connectivity index (χ1n) is 8.78. The molecule has 2 unspecified atom stereocenters. The second-order valence-corrected chi connectivity index (χ2v) is 7.63. The van der Waals surface area contributed by atoms with Crippen LogP contribution < -0.4 is 0 Å². The second-order valence-electron chi connectivity index (χ2n) is 7.63. The van der Waals surface area contributed by atoms with Crippen molar-refractivity contribution in [2.45, 2.75) is 83.0 Å². The Morgan fingerprint density at radius 3 is 2.10 bits per heavy atom. The largest absolute Gasteiger partial charge is 0.481 e. The molecule has 0 aliphatic carbocycles. The number of likely N-dealkylation sites (tertiary alicyclic amines) is 1. The molecule has 3 aliphatic heterocycles. The topological polar surface area (TPSA) is 43.8 Å². The van der Waals surface area contributed by atoms with E-state index in [1.807, 2.05) is 0 Å². The Kier molecular flexibility index (Phi) is 4.55. The lowest BCUT2D eigenvalue weighted by Crippen LogP contribution is -2.53.